The molecule has 14 heteroatoms. The van der Waals surface area contributed by atoms with Crippen LogP contribution < -0.4 is 20.9 Å². The minimum absolute atomic E-state index is 0.178. The van der Waals surface area contributed by atoms with Crippen molar-refractivity contribution in [1.29, 1.82) is 0 Å². The number of carbonyl (C=O) groups is 1. The molecule has 6 atom stereocenters. The molecule has 3 rings (SSSR count). The van der Waals surface area contributed by atoms with Crippen LogP contribution in [0.25, 0.3) is 0 Å². The second-order valence-electron chi connectivity index (χ2n) is 8.46. The Bertz CT molecular complexity index is 1190. The molecular formula is C23H31FN3O9P. The maximum Gasteiger partial charge on any atom is 0.459 e. The number of hydrogen-bond acceptors (Lipinski definition) is 9. The highest BCUT2D eigenvalue weighted by Gasteiger charge is 2.46. The molecule has 1 aromatic carbocycles. The zero-order chi connectivity index (χ0) is 27.0. The topological polar surface area (TPSA) is 158 Å². The Kier molecular flexibility index (Phi) is 10.2. The Morgan fingerprint density at radius 2 is 2.03 bits per heavy atom. The first-order valence-electron chi connectivity index (χ1n) is 11.8. The van der Waals surface area contributed by atoms with Crippen molar-refractivity contribution in [2.24, 2.45) is 5.92 Å². The van der Waals surface area contributed by atoms with Crippen molar-refractivity contribution in [3.63, 3.8) is 0 Å². The van der Waals surface area contributed by atoms with Gasteiger partial charge in [-0.2, -0.15) is 5.09 Å². The molecule has 1 aliphatic heterocycles. The number of aromatic nitrogens is 2. The van der Waals surface area contributed by atoms with Crippen LogP contribution in [0.15, 0.2) is 52.2 Å². The van der Waals surface area contributed by atoms with E-state index in [1.165, 1.54) is 19.1 Å². The molecule has 2 aromatic rings. The lowest BCUT2D eigenvalue weighted by Crippen LogP contribution is -2.37. The zero-order valence-electron chi connectivity index (χ0n) is 20.4. The summed E-state index contributed by atoms with van der Waals surface area (Å²) in [6, 6.07) is 8.04. The molecule has 204 valence electrons. The van der Waals surface area contributed by atoms with Crippen molar-refractivity contribution in [1.82, 2.24) is 14.6 Å². The van der Waals surface area contributed by atoms with E-state index in [2.05, 4.69) is 5.09 Å². The lowest BCUT2D eigenvalue weighted by Gasteiger charge is -2.25. The van der Waals surface area contributed by atoms with Crippen LogP contribution in [0.4, 0.5) is 4.39 Å². The predicted octanol–water partition coefficient (Wildman–Crippen LogP) is 1.91. The van der Waals surface area contributed by atoms with Gasteiger partial charge in [0.05, 0.1) is 26.0 Å². The van der Waals surface area contributed by atoms with Gasteiger partial charge in [-0.25, -0.2) is 9.36 Å². The fourth-order valence-electron chi connectivity index (χ4n) is 3.62. The van der Waals surface area contributed by atoms with E-state index >= 15 is 0 Å². The number of carbonyl (C=O) groups excluding carboxylic acids is 1. The Morgan fingerprint density at radius 1 is 1.30 bits per heavy atom. The summed E-state index contributed by atoms with van der Waals surface area (Å²) in [5, 5.41) is 13.1. The summed E-state index contributed by atoms with van der Waals surface area (Å²) < 4.78 is 50.3. The number of aliphatic hydroxyl groups excluding tert-OH is 1. The number of unbranched alkanes of at least 4 members (excludes halogenated alkanes) is 1. The molecule has 37 heavy (non-hydrogen) atoms. The molecule has 1 aromatic heterocycles. The monoisotopic (exact) mass is 543 g/mol. The maximum atomic E-state index is 13.9. The standard InChI is InChI=1S/C23H31FN3O9P/c1-3-4-12-33-22(30)15(2)26-37(32,36-16-8-6-5-7-9-16)34-14-18-17(13-24)20(29)21(35-18)27-11-10-19(28)25-23(27)31/h5-11,15,17-18,20-21,29H,3-4,12-14H2,1-2H3,(H,26,32)(H,25,28,31)/t15?,17-,18-,20-,21-,37+/m1/s1. The molecule has 1 fully saturated rings. The highest BCUT2D eigenvalue weighted by atomic mass is 31.2. The molecule has 12 nitrogen and oxygen atoms in total. The molecule has 0 amide bonds. The SMILES string of the molecule is CCCCOC(=O)C(C)N[P@](=O)(OC[C@H]1O[C@@H](n2ccc(=O)[nH]c2=O)[C@H](O)[C@@H]1CF)Oc1ccccc1. The van der Waals surface area contributed by atoms with Crippen LogP contribution in [0.2, 0.25) is 0 Å². The Hall–Kier alpha value is -2.83. The van der Waals surface area contributed by atoms with Crippen LogP contribution in [0, 0.1) is 5.92 Å². The smallest absolute Gasteiger partial charge is 0.459 e. The van der Waals surface area contributed by atoms with Crippen LogP contribution in [0.1, 0.15) is 32.9 Å². The minimum atomic E-state index is -4.26. The van der Waals surface area contributed by atoms with Gasteiger partial charge in [0.1, 0.15) is 17.9 Å². The van der Waals surface area contributed by atoms with Gasteiger partial charge in [-0.1, -0.05) is 31.5 Å². The first-order chi connectivity index (χ1) is 17.7. The van der Waals surface area contributed by atoms with Gasteiger partial charge >= 0.3 is 19.4 Å². The van der Waals surface area contributed by atoms with Gasteiger partial charge in [-0.05, 0) is 25.5 Å². The summed E-state index contributed by atoms with van der Waals surface area (Å²) in [6.45, 7) is 2.01. The van der Waals surface area contributed by atoms with E-state index in [9.17, 15) is 28.4 Å². The third-order valence-electron chi connectivity index (χ3n) is 5.65. The third kappa shape index (κ3) is 7.59. The van der Waals surface area contributed by atoms with Crippen molar-refractivity contribution in [3.8, 4) is 5.75 Å². The highest BCUT2D eigenvalue weighted by molar-refractivity contribution is 7.52. The molecule has 1 saturated heterocycles. The maximum absolute atomic E-state index is 13.9. The summed E-state index contributed by atoms with van der Waals surface area (Å²) in [6.07, 6.45) is -1.35. The molecule has 0 aliphatic carbocycles. The van der Waals surface area contributed by atoms with Crippen LogP contribution in [0.5, 0.6) is 5.75 Å². The molecule has 0 spiro atoms. The molecular weight excluding hydrogens is 512 g/mol. The highest BCUT2D eigenvalue weighted by Crippen LogP contribution is 2.46. The van der Waals surface area contributed by atoms with Gasteiger partial charge in [0.25, 0.3) is 5.56 Å². The zero-order valence-corrected chi connectivity index (χ0v) is 21.3. The number of nitrogens with one attached hydrogen (secondary N) is 2. The van der Waals surface area contributed by atoms with Crippen LogP contribution in [0.3, 0.4) is 0 Å². The van der Waals surface area contributed by atoms with Gasteiger partial charge in [0.2, 0.25) is 0 Å². The number of rotatable bonds is 13. The Morgan fingerprint density at radius 3 is 2.68 bits per heavy atom. The molecule has 0 radical (unpaired) electrons. The van der Waals surface area contributed by atoms with Gasteiger partial charge in [0.15, 0.2) is 6.23 Å². The summed E-state index contributed by atoms with van der Waals surface area (Å²) >= 11 is 0. The number of nitrogens with zero attached hydrogens (tertiary/aromatic N) is 1. The van der Waals surface area contributed by atoms with E-state index in [1.54, 1.807) is 18.2 Å². The average Bonchev–Trinajstić information content (AvgIpc) is 3.18. The van der Waals surface area contributed by atoms with Gasteiger partial charge < -0.3 is 19.1 Å². The van der Waals surface area contributed by atoms with Crippen molar-refractivity contribution < 1.29 is 37.4 Å². The Balaban J connectivity index is 1.76. The second-order valence-corrected chi connectivity index (χ2v) is 10.2. The van der Waals surface area contributed by atoms with Crippen LogP contribution >= 0.6 is 7.75 Å². The second kappa shape index (κ2) is 13.1. The normalized spacial score (nSPS) is 23.8. The largest absolute Gasteiger partial charge is 0.465 e. The van der Waals surface area contributed by atoms with Crippen LogP contribution in [-0.2, 0) is 23.4 Å². The van der Waals surface area contributed by atoms with Crippen LogP contribution in [-0.4, -0.2) is 58.8 Å². The number of ether oxygens (including phenoxy) is 2. The molecule has 2 heterocycles. The summed E-state index contributed by atoms with van der Waals surface area (Å²) in [4.78, 5) is 37.9. The predicted molar refractivity (Wildman–Crippen MR) is 130 cm³/mol. The summed E-state index contributed by atoms with van der Waals surface area (Å²) in [5.74, 6) is -1.64. The summed E-state index contributed by atoms with van der Waals surface area (Å²) in [5.41, 5.74) is -1.51. The number of halogens is 1. The lowest BCUT2D eigenvalue weighted by molar-refractivity contribution is -0.145. The first kappa shape index (κ1) is 28.7. The minimum Gasteiger partial charge on any atom is -0.465 e. The van der Waals surface area contributed by atoms with Crippen molar-refractivity contribution in [2.75, 3.05) is 19.9 Å². The van der Waals surface area contributed by atoms with Gasteiger partial charge in [0, 0.05) is 18.2 Å². The fourth-order valence-corrected chi connectivity index (χ4v) is 5.12. The summed E-state index contributed by atoms with van der Waals surface area (Å²) in [7, 11) is -4.26. The molecule has 1 aliphatic rings. The lowest BCUT2D eigenvalue weighted by atomic mass is 10.00. The number of aromatic amines is 1. The molecule has 0 bridgehead atoms. The van der Waals surface area contributed by atoms with E-state index < -0.39 is 68.6 Å². The number of esters is 1. The number of benzene rings is 1. The Labute approximate surface area is 212 Å². The third-order valence-corrected chi connectivity index (χ3v) is 7.29. The number of para-hydroxylation sites is 1. The number of aliphatic hydroxyl groups is 1. The number of H-pyrrole nitrogens is 1. The first-order valence-corrected chi connectivity index (χ1v) is 13.4. The van der Waals surface area contributed by atoms with Crippen molar-refractivity contribution in [3.05, 3.63) is 63.4 Å². The number of alkyl halides is 1. The number of hydrogen-bond donors (Lipinski definition) is 3. The van der Waals surface area contributed by atoms with Gasteiger partial charge in [-0.15, -0.1) is 0 Å². The van der Waals surface area contributed by atoms with E-state index in [-0.39, 0.29) is 12.4 Å². The van der Waals surface area contributed by atoms with Gasteiger partial charge in [-0.3, -0.25) is 28.1 Å². The van der Waals surface area contributed by atoms with Crippen molar-refractivity contribution >= 4 is 13.7 Å². The average molecular weight is 543 g/mol. The van der Waals surface area contributed by atoms with E-state index in [1.807, 2.05) is 11.9 Å². The molecule has 0 saturated carbocycles. The van der Waals surface area contributed by atoms with Crippen molar-refractivity contribution in [2.45, 2.75) is 51.2 Å². The van der Waals surface area contributed by atoms with E-state index in [0.29, 0.717) is 6.42 Å². The fraction of sp³-hybridized carbons (Fsp3) is 0.522. The quantitative estimate of drug-likeness (QED) is 0.194. The van der Waals surface area contributed by atoms with E-state index in [0.717, 1.165) is 23.3 Å². The molecule has 1 unspecified atom stereocenters. The van der Waals surface area contributed by atoms with E-state index in [4.69, 9.17) is 18.5 Å². The molecule has 3 N–H and O–H groups in total.